The quantitative estimate of drug-likeness (QED) is 0.736. The Labute approximate surface area is 130 Å². The molecule has 1 unspecified atom stereocenters. The number of aliphatic hydroxyl groups is 1. The molecule has 4 heteroatoms. The van der Waals surface area contributed by atoms with Gasteiger partial charge in [-0.05, 0) is 23.3 Å². The molecule has 0 bridgehead atoms. The summed E-state index contributed by atoms with van der Waals surface area (Å²) in [5.74, 6) is 0.622. The van der Waals surface area contributed by atoms with Crippen LogP contribution < -0.4 is 5.73 Å². The smallest absolute Gasteiger partial charge is 0.0867 e. The van der Waals surface area contributed by atoms with Gasteiger partial charge in [0.15, 0.2) is 0 Å². The topological polar surface area (TPSA) is 55.5 Å². The van der Waals surface area contributed by atoms with Crippen LogP contribution in [0.2, 0.25) is 0 Å². The number of thioether (sulfide) groups is 1. The molecule has 0 fully saturated rings. The van der Waals surface area contributed by atoms with Crippen LogP contribution in [0.3, 0.4) is 0 Å². The van der Waals surface area contributed by atoms with E-state index < -0.39 is 6.10 Å². The first kappa shape index (κ1) is 16.0. The predicted octanol–water partition coefficient (Wildman–Crippen LogP) is 2.82. The maximum atomic E-state index is 9.92. The molecule has 0 spiro atoms. The molecule has 0 radical (unpaired) electrons. The fourth-order valence-corrected chi connectivity index (χ4v) is 2.66. The number of hydrogen-bond acceptors (Lipinski definition) is 4. The van der Waals surface area contributed by atoms with Crippen LogP contribution in [-0.2, 0) is 17.9 Å². The molecule has 0 saturated carbocycles. The zero-order valence-corrected chi connectivity index (χ0v) is 12.8. The van der Waals surface area contributed by atoms with E-state index in [2.05, 4.69) is 0 Å². The predicted molar refractivity (Wildman–Crippen MR) is 87.2 cm³/mol. The molecular weight excluding hydrogens is 282 g/mol. The molecule has 2 rings (SSSR count). The average molecular weight is 303 g/mol. The Balaban J connectivity index is 1.66. The van der Waals surface area contributed by atoms with Gasteiger partial charge in [0.1, 0.15) is 0 Å². The van der Waals surface area contributed by atoms with Gasteiger partial charge in [0.2, 0.25) is 0 Å². The van der Waals surface area contributed by atoms with Crippen LogP contribution in [0.25, 0.3) is 0 Å². The van der Waals surface area contributed by atoms with Crippen molar-refractivity contribution in [3.8, 4) is 0 Å². The Morgan fingerprint density at radius 1 is 1.00 bits per heavy atom. The van der Waals surface area contributed by atoms with E-state index >= 15 is 0 Å². The third-order valence-electron chi connectivity index (χ3n) is 3.02. The van der Waals surface area contributed by atoms with Gasteiger partial charge in [-0.3, -0.25) is 0 Å². The molecule has 3 nitrogen and oxygen atoms in total. The van der Waals surface area contributed by atoms with Crippen LogP contribution in [0.15, 0.2) is 59.5 Å². The number of rotatable bonds is 8. The highest BCUT2D eigenvalue weighted by atomic mass is 32.2. The van der Waals surface area contributed by atoms with Crippen molar-refractivity contribution in [2.24, 2.45) is 5.73 Å². The van der Waals surface area contributed by atoms with Gasteiger partial charge < -0.3 is 15.6 Å². The van der Waals surface area contributed by atoms with Gasteiger partial charge in [-0.1, -0.05) is 42.5 Å². The summed E-state index contributed by atoms with van der Waals surface area (Å²) in [6.07, 6.45) is -0.465. The molecule has 0 saturated heterocycles. The van der Waals surface area contributed by atoms with Gasteiger partial charge in [-0.25, -0.2) is 0 Å². The summed E-state index contributed by atoms with van der Waals surface area (Å²) in [4.78, 5) is 1.13. The number of hydrogen-bond donors (Lipinski definition) is 2. The monoisotopic (exact) mass is 303 g/mol. The van der Waals surface area contributed by atoms with E-state index in [9.17, 15) is 5.11 Å². The van der Waals surface area contributed by atoms with E-state index in [0.29, 0.717) is 25.5 Å². The normalized spacial score (nSPS) is 12.3. The largest absolute Gasteiger partial charge is 0.390 e. The summed E-state index contributed by atoms with van der Waals surface area (Å²) in [5.41, 5.74) is 7.80. The van der Waals surface area contributed by atoms with Crippen LogP contribution in [-0.4, -0.2) is 23.6 Å². The first-order valence-corrected chi connectivity index (χ1v) is 7.98. The Hall–Kier alpha value is -1.33. The highest BCUT2D eigenvalue weighted by molar-refractivity contribution is 7.99. The lowest BCUT2D eigenvalue weighted by Gasteiger charge is -2.11. The van der Waals surface area contributed by atoms with Crippen molar-refractivity contribution in [2.75, 3.05) is 12.4 Å². The molecule has 2 aromatic rings. The maximum absolute atomic E-state index is 9.92. The lowest BCUT2D eigenvalue weighted by molar-refractivity contribution is 0.0398. The second-order valence-corrected chi connectivity index (χ2v) is 5.91. The number of ether oxygens (including phenoxy) is 1. The Morgan fingerprint density at radius 3 is 2.38 bits per heavy atom. The van der Waals surface area contributed by atoms with Crippen molar-refractivity contribution < 1.29 is 9.84 Å². The molecule has 0 heterocycles. The molecule has 3 N–H and O–H groups in total. The van der Waals surface area contributed by atoms with Crippen molar-refractivity contribution in [2.45, 2.75) is 24.2 Å². The summed E-state index contributed by atoms with van der Waals surface area (Å²) in [6.45, 7) is 1.44. The SMILES string of the molecule is NCc1ccc(SCC(O)COCc2ccccc2)cc1. The average Bonchev–Trinajstić information content (AvgIpc) is 2.54. The van der Waals surface area contributed by atoms with E-state index in [1.54, 1.807) is 11.8 Å². The van der Waals surface area contributed by atoms with Crippen LogP contribution in [0.1, 0.15) is 11.1 Å². The van der Waals surface area contributed by atoms with E-state index in [-0.39, 0.29) is 0 Å². The van der Waals surface area contributed by atoms with E-state index in [4.69, 9.17) is 10.5 Å². The first-order chi connectivity index (χ1) is 10.3. The number of nitrogens with two attached hydrogens (primary N) is 1. The first-order valence-electron chi connectivity index (χ1n) is 6.99. The molecule has 0 aliphatic heterocycles. The van der Waals surface area contributed by atoms with Crippen molar-refractivity contribution in [1.82, 2.24) is 0 Å². The van der Waals surface area contributed by atoms with E-state index in [0.717, 1.165) is 16.0 Å². The summed E-state index contributed by atoms with van der Waals surface area (Å²) in [7, 11) is 0. The van der Waals surface area contributed by atoms with Gasteiger partial charge in [0, 0.05) is 17.2 Å². The van der Waals surface area contributed by atoms with Gasteiger partial charge in [0.05, 0.1) is 19.3 Å². The van der Waals surface area contributed by atoms with Crippen molar-refractivity contribution in [3.63, 3.8) is 0 Å². The van der Waals surface area contributed by atoms with Gasteiger partial charge >= 0.3 is 0 Å². The molecule has 21 heavy (non-hydrogen) atoms. The lowest BCUT2D eigenvalue weighted by Crippen LogP contribution is -2.17. The Kier molecular flexibility index (Phi) is 6.76. The number of aliphatic hydroxyl groups excluding tert-OH is 1. The maximum Gasteiger partial charge on any atom is 0.0867 e. The summed E-state index contributed by atoms with van der Waals surface area (Å²) < 4.78 is 5.53. The standard InChI is InChI=1S/C17H21NO2S/c18-10-14-6-8-17(9-7-14)21-13-16(19)12-20-11-15-4-2-1-3-5-15/h1-9,16,19H,10-13,18H2. The molecule has 0 aliphatic rings. The third kappa shape index (κ3) is 5.89. The second-order valence-electron chi connectivity index (χ2n) is 4.81. The van der Waals surface area contributed by atoms with Crippen molar-refractivity contribution in [1.29, 1.82) is 0 Å². The minimum absolute atomic E-state index is 0.350. The highest BCUT2D eigenvalue weighted by Crippen LogP contribution is 2.19. The van der Waals surface area contributed by atoms with Gasteiger partial charge in [-0.2, -0.15) is 0 Å². The molecule has 0 aliphatic carbocycles. The Bertz CT molecular complexity index is 516. The minimum Gasteiger partial charge on any atom is -0.390 e. The molecule has 112 valence electrons. The third-order valence-corrected chi connectivity index (χ3v) is 4.18. The fraction of sp³-hybridized carbons (Fsp3) is 0.294. The van der Waals surface area contributed by atoms with Crippen LogP contribution in [0, 0.1) is 0 Å². The summed E-state index contributed by atoms with van der Waals surface area (Å²) in [5, 5.41) is 9.92. The van der Waals surface area contributed by atoms with Gasteiger partial charge in [0.25, 0.3) is 0 Å². The molecule has 0 aromatic heterocycles. The van der Waals surface area contributed by atoms with Crippen LogP contribution in [0.4, 0.5) is 0 Å². The van der Waals surface area contributed by atoms with E-state index in [1.807, 2.05) is 54.6 Å². The minimum atomic E-state index is -0.465. The molecular formula is C17H21NO2S. The summed E-state index contributed by atoms with van der Waals surface area (Å²) >= 11 is 1.62. The zero-order chi connectivity index (χ0) is 14.9. The summed E-state index contributed by atoms with van der Waals surface area (Å²) in [6, 6.07) is 18.1. The molecule has 1 atom stereocenters. The molecule has 0 amide bonds. The number of benzene rings is 2. The van der Waals surface area contributed by atoms with Crippen LogP contribution in [0.5, 0.6) is 0 Å². The zero-order valence-electron chi connectivity index (χ0n) is 11.9. The van der Waals surface area contributed by atoms with E-state index in [1.165, 1.54) is 0 Å². The lowest BCUT2D eigenvalue weighted by atomic mass is 10.2. The Morgan fingerprint density at radius 2 is 1.71 bits per heavy atom. The fourth-order valence-electron chi connectivity index (χ4n) is 1.85. The van der Waals surface area contributed by atoms with Gasteiger partial charge in [-0.15, -0.1) is 11.8 Å². The highest BCUT2D eigenvalue weighted by Gasteiger charge is 2.06. The molecule has 2 aromatic carbocycles. The van der Waals surface area contributed by atoms with Crippen molar-refractivity contribution in [3.05, 3.63) is 65.7 Å². The second kappa shape index (κ2) is 8.85. The van der Waals surface area contributed by atoms with Crippen molar-refractivity contribution >= 4 is 11.8 Å². The van der Waals surface area contributed by atoms with Crippen LogP contribution >= 0.6 is 11.8 Å².